The lowest BCUT2D eigenvalue weighted by Crippen LogP contribution is -2.29. The molecule has 0 amide bonds. The average molecular weight is 445 g/mol. The van der Waals surface area contributed by atoms with Crippen LogP contribution in [0.1, 0.15) is 42.5 Å². The van der Waals surface area contributed by atoms with Crippen molar-refractivity contribution in [2.45, 2.75) is 67.1 Å². The molecule has 8 heteroatoms. The van der Waals surface area contributed by atoms with E-state index in [1.807, 2.05) is 4.57 Å². The molecule has 3 heterocycles. The quantitative estimate of drug-likeness (QED) is 0.377. The van der Waals surface area contributed by atoms with Crippen molar-refractivity contribution in [3.63, 3.8) is 0 Å². The van der Waals surface area contributed by atoms with Crippen LogP contribution in [0.2, 0.25) is 0 Å². The van der Waals surface area contributed by atoms with E-state index in [-0.39, 0.29) is 17.6 Å². The number of hydrogen-bond acceptors (Lipinski definition) is 5. The van der Waals surface area contributed by atoms with Gasteiger partial charge in [-0.15, -0.1) is 34.5 Å². The second-order valence-corrected chi connectivity index (χ2v) is 11.4. The van der Waals surface area contributed by atoms with E-state index in [0.717, 1.165) is 66.3 Å². The minimum absolute atomic E-state index is 0.108. The second-order valence-electron chi connectivity index (χ2n) is 7.81. The van der Waals surface area contributed by atoms with Gasteiger partial charge in [0, 0.05) is 23.2 Å². The lowest BCUT2D eigenvalue weighted by atomic mass is 9.97. The van der Waals surface area contributed by atoms with Crippen molar-refractivity contribution in [1.29, 1.82) is 0 Å². The maximum absolute atomic E-state index is 13.5. The Hall–Kier alpha value is -0.270. The average Bonchev–Trinajstić information content (AvgIpc) is 3.03. The van der Waals surface area contributed by atoms with Crippen molar-refractivity contribution in [3.8, 4) is 0 Å². The fourth-order valence-corrected chi connectivity index (χ4v) is 7.35. The molecule has 0 N–H and O–H groups in total. The minimum atomic E-state index is -0.598. The molecule has 1 saturated heterocycles. The van der Waals surface area contributed by atoms with Gasteiger partial charge < -0.3 is 4.74 Å². The number of rotatable bonds is 5. The van der Waals surface area contributed by atoms with Gasteiger partial charge in [0.15, 0.2) is 5.16 Å². The Morgan fingerprint density at radius 1 is 1.30 bits per heavy atom. The Kier molecular flexibility index (Phi) is 5.00. The highest BCUT2D eigenvalue weighted by Crippen LogP contribution is 2.54. The number of thiophene rings is 1. The molecule has 2 atom stereocenters. The van der Waals surface area contributed by atoms with Crippen molar-refractivity contribution in [3.05, 3.63) is 20.8 Å². The van der Waals surface area contributed by atoms with E-state index in [0.29, 0.717) is 6.54 Å². The van der Waals surface area contributed by atoms with E-state index in [1.165, 1.54) is 16.9 Å². The highest BCUT2D eigenvalue weighted by Gasteiger charge is 2.51. The molecule has 4 nitrogen and oxygen atoms in total. The smallest absolute Gasteiger partial charge is 0.263 e. The van der Waals surface area contributed by atoms with Gasteiger partial charge in [-0.05, 0) is 50.5 Å². The fraction of sp³-hybridized carbons (Fsp3) is 0.684. The van der Waals surface area contributed by atoms with Crippen LogP contribution in [0.15, 0.2) is 9.95 Å². The molecule has 2 fully saturated rings. The number of aryl methyl sites for hydroxylation is 2. The number of thioether (sulfide) groups is 1. The number of hydrogen-bond donors (Lipinski definition) is 0. The molecule has 2 aromatic rings. The molecule has 146 valence electrons. The molecule has 0 radical (unpaired) electrons. The van der Waals surface area contributed by atoms with Crippen LogP contribution in [0.4, 0.5) is 0 Å². The molecule has 2 aliphatic carbocycles. The summed E-state index contributed by atoms with van der Waals surface area (Å²) in [4.78, 5) is 20.7. The van der Waals surface area contributed by atoms with Crippen LogP contribution >= 0.6 is 46.3 Å². The molecule has 2 aromatic heterocycles. The van der Waals surface area contributed by atoms with Crippen LogP contribution in [0.5, 0.6) is 0 Å². The number of alkyl halides is 2. The summed E-state index contributed by atoms with van der Waals surface area (Å²) in [5, 5.41) is 1.64. The summed E-state index contributed by atoms with van der Waals surface area (Å²) < 4.78 is 7.07. The fourth-order valence-electron chi connectivity index (χ4n) is 4.11. The third-order valence-electron chi connectivity index (χ3n) is 5.82. The molecule has 0 spiro atoms. The standard InChI is InChI=1S/C19H22Cl2N2O2S2/c20-19(21)8-11(19)10-26-18-22-16-15(13-5-1-2-6-14(13)27-16)17(24)23(18)9-12-4-3-7-25-12/h11-12H,1-10H2. The third kappa shape index (κ3) is 3.57. The monoisotopic (exact) mass is 444 g/mol. The number of halogens is 2. The minimum Gasteiger partial charge on any atom is -0.376 e. The molecule has 2 unspecified atom stereocenters. The van der Waals surface area contributed by atoms with Crippen molar-refractivity contribution in [2.24, 2.45) is 5.92 Å². The summed E-state index contributed by atoms with van der Waals surface area (Å²) >= 11 is 15.7. The largest absolute Gasteiger partial charge is 0.376 e. The molecule has 1 aliphatic heterocycles. The summed E-state index contributed by atoms with van der Waals surface area (Å²) in [6, 6.07) is 0. The van der Waals surface area contributed by atoms with E-state index < -0.39 is 4.33 Å². The van der Waals surface area contributed by atoms with Crippen LogP contribution in [-0.2, 0) is 24.1 Å². The lowest BCUT2D eigenvalue weighted by Gasteiger charge is -2.16. The second kappa shape index (κ2) is 7.21. The molecule has 1 saturated carbocycles. The molecule has 5 rings (SSSR count). The van der Waals surface area contributed by atoms with Crippen LogP contribution in [0.3, 0.4) is 0 Å². The molecular weight excluding hydrogens is 423 g/mol. The van der Waals surface area contributed by atoms with Crippen LogP contribution in [0.25, 0.3) is 10.2 Å². The summed E-state index contributed by atoms with van der Waals surface area (Å²) in [6.45, 7) is 1.38. The zero-order valence-electron chi connectivity index (χ0n) is 15.0. The maximum atomic E-state index is 13.5. The van der Waals surface area contributed by atoms with E-state index in [9.17, 15) is 4.79 Å². The summed E-state index contributed by atoms with van der Waals surface area (Å²) in [5.41, 5.74) is 1.36. The molecular formula is C19H22Cl2N2O2S2. The van der Waals surface area contributed by atoms with Crippen molar-refractivity contribution >= 4 is 56.5 Å². The number of fused-ring (bicyclic) bond motifs is 3. The SMILES string of the molecule is O=c1c2c3c(sc2nc(SCC2CC2(Cl)Cl)n1CC1CCCO1)CCCC3. The Balaban J connectivity index is 1.54. The van der Waals surface area contributed by atoms with E-state index in [4.69, 9.17) is 32.9 Å². The molecule has 0 aromatic carbocycles. The van der Waals surface area contributed by atoms with Crippen LogP contribution < -0.4 is 5.56 Å². The highest BCUT2D eigenvalue weighted by atomic mass is 35.5. The number of ether oxygens (including phenoxy) is 1. The van der Waals surface area contributed by atoms with Crippen LogP contribution in [-0.4, -0.2) is 32.3 Å². The maximum Gasteiger partial charge on any atom is 0.263 e. The van der Waals surface area contributed by atoms with Crippen molar-refractivity contribution in [2.75, 3.05) is 12.4 Å². The van der Waals surface area contributed by atoms with Crippen LogP contribution in [0, 0.1) is 5.92 Å². The first-order chi connectivity index (χ1) is 13.0. The van der Waals surface area contributed by atoms with E-state index >= 15 is 0 Å². The van der Waals surface area contributed by atoms with Crippen molar-refractivity contribution in [1.82, 2.24) is 9.55 Å². The first-order valence-corrected chi connectivity index (χ1v) is 12.3. The van der Waals surface area contributed by atoms with Gasteiger partial charge >= 0.3 is 0 Å². The zero-order chi connectivity index (χ0) is 18.6. The number of nitrogens with zero attached hydrogens (tertiary/aromatic N) is 2. The summed E-state index contributed by atoms with van der Waals surface area (Å²) in [5.74, 6) is 1.06. The predicted octanol–water partition coefficient (Wildman–Crippen LogP) is 4.80. The van der Waals surface area contributed by atoms with Gasteiger partial charge in [0.05, 0.1) is 18.0 Å². The Labute approximate surface area is 176 Å². The molecule has 27 heavy (non-hydrogen) atoms. The van der Waals surface area contributed by atoms with Gasteiger partial charge in [0.25, 0.3) is 5.56 Å². The summed E-state index contributed by atoms with van der Waals surface area (Å²) in [7, 11) is 0. The van der Waals surface area contributed by atoms with E-state index in [1.54, 1.807) is 23.1 Å². The third-order valence-corrected chi connectivity index (χ3v) is 9.07. The van der Waals surface area contributed by atoms with Gasteiger partial charge in [0.1, 0.15) is 9.16 Å². The first-order valence-electron chi connectivity index (χ1n) is 9.70. The topological polar surface area (TPSA) is 44.1 Å². The van der Waals surface area contributed by atoms with Gasteiger partial charge in [-0.25, -0.2) is 4.98 Å². The number of aromatic nitrogens is 2. The predicted molar refractivity (Wildman–Crippen MR) is 113 cm³/mol. The van der Waals surface area contributed by atoms with Gasteiger partial charge in [0.2, 0.25) is 0 Å². The van der Waals surface area contributed by atoms with Gasteiger partial charge in [-0.1, -0.05) is 11.8 Å². The summed E-state index contributed by atoms with van der Waals surface area (Å²) in [6.07, 6.45) is 7.44. The Morgan fingerprint density at radius 3 is 2.85 bits per heavy atom. The molecule has 3 aliphatic rings. The molecule has 0 bridgehead atoms. The highest BCUT2D eigenvalue weighted by molar-refractivity contribution is 7.99. The lowest BCUT2D eigenvalue weighted by molar-refractivity contribution is 0.0937. The first kappa shape index (κ1) is 18.7. The van der Waals surface area contributed by atoms with Gasteiger partial charge in [-0.2, -0.15) is 0 Å². The van der Waals surface area contributed by atoms with Gasteiger partial charge in [-0.3, -0.25) is 9.36 Å². The van der Waals surface area contributed by atoms with E-state index in [2.05, 4.69) is 0 Å². The Morgan fingerprint density at radius 2 is 2.11 bits per heavy atom. The zero-order valence-corrected chi connectivity index (χ0v) is 18.2. The normalized spacial score (nSPS) is 26.4. The van der Waals surface area contributed by atoms with Crippen molar-refractivity contribution < 1.29 is 4.74 Å². The Bertz CT molecular complexity index is 934.